The molecule has 9 nitrogen and oxygen atoms in total. The molecule has 3 aliphatic heterocycles. The third-order valence-electron chi connectivity index (χ3n) is 17.0. The van der Waals surface area contributed by atoms with Crippen LogP contribution < -0.4 is 28.4 Å². The Kier molecular flexibility index (Phi) is 27.9. The van der Waals surface area contributed by atoms with Gasteiger partial charge in [0.2, 0.25) is 0 Å². The van der Waals surface area contributed by atoms with Gasteiger partial charge in [0.1, 0.15) is 39.6 Å². The first-order valence-corrected chi connectivity index (χ1v) is 34.8. The van der Waals surface area contributed by atoms with E-state index in [0.29, 0.717) is 70.6 Å². The summed E-state index contributed by atoms with van der Waals surface area (Å²) in [6.45, 7) is 24.8. The molecule has 0 spiro atoms. The van der Waals surface area contributed by atoms with Gasteiger partial charge in [-0.3, -0.25) is 0 Å². The van der Waals surface area contributed by atoms with Crippen molar-refractivity contribution in [3.8, 4) is 65.4 Å². The minimum absolute atomic E-state index is 0.455. The zero-order valence-electron chi connectivity index (χ0n) is 50.9. The molecule has 3 aliphatic rings. The second-order valence-electron chi connectivity index (χ2n) is 23.9. The molecule has 3 atom stereocenters. The van der Waals surface area contributed by atoms with Crippen LogP contribution in [-0.4, -0.2) is 70.6 Å². The van der Waals surface area contributed by atoms with Crippen molar-refractivity contribution in [3.63, 3.8) is 0 Å². The molecule has 79 heavy (non-hydrogen) atoms. The van der Waals surface area contributed by atoms with Crippen LogP contribution >= 0.6 is 34.0 Å². The van der Waals surface area contributed by atoms with Gasteiger partial charge in [0.15, 0.2) is 34.5 Å². The maximum Gasteiger partial charge on any atom is 0.182 e. The van der Waals surface area contributed by atoms with Gasteiger partial charge in [-0.05, 0) is 75.8 Å². The summed E-state index contributed by atoms with van der Waals surface area (Å²) in [5.41, 5.74) is 1.84. The van der Waals surface area contributed by atoms with E-state index in [1.165, 1.54) is 179 Å². The summed E-state index contributed by atoms with van der Waals surface area (Å²) in [6.07, 6.45) is 35.9. The fraction of sp³-hybridized carbons (Fsp3) is 0.761. The minimum atomic E-state index is -0.473. The first-order chi connectivity index (χ1) is 38.8. The minimum Gasteiger partial charge on any atom is -0.488 e. The summed E-state index contributed by atoms with van der Waals surface area (Å²) in [4.78, 5) is 6.56. The molecule has 4 aromatic heterocycles. The molecular formula is C67H107NO8S3. The van der Waals surface area contributed by atoms with Crippen molar-refractivity contribution in [1.82, 2.24) is 4.57 Å². The van der Waals surface area contributed by atoms with Crippen LogP contribution in [0.1, 0.15) is 231 Å². The van der Waals surface area contributed by atoms with Gasteiger partial charge in [0.25, 0.3) is 0 Å². The molecule has 4 aromatic rings. The van der Waals surface area contributed by atoms with E-state index in [4.69, 9.17) is 37.9 Å². The highest BCUT2D eigenvalue weighted by atomic mass is 32.1. The lowest BCUT2D eigenvalue weighted by Crippen LogP contribution is -2.43. The number of hydrogen-bond acceptors (Lipinski definition) is 11. The number of ether oxygens (including phenoxy) is 8. The highest BCUT2D eigenvalue weighted by Gasteiger charge is 2.41. The Balaban J connectivity index is 1.17. The monoisotopic (exact) mass is 1150 g/mol. The fourth-order valence-electron chi connectivity index (χ4n) is 12.1. The van der Waals surface area contributed by atoms with Crippen LogP contribution in [-0.2, 0) is 16.0 Å². The van der Waals surface area contributed by atoms with E-state index in [1.807, 2.05) is 0 Å². The number of rotatable bonds is 41. The van der Waals surface area contributed by atoms with E-state index >= 15 is 0 Å². The second-order valence-corrected chi connectivity index (χ2v) is 27.4. The maximum absolute atomic E-state index is 7.25. The predicted molar refractivity (Wildman–Crippen MR) is 335 cm³/mol. The Hall–Kier alpha value is -2.90. The normalized spacial score (nSPS) is 17.1. The SMILES string of the molecule is CCCCCCCCC(CCCCCC)COCC1(COCC(CCCCCC)CCCCCCCC)COc2c(C)sc(-c3sc(-c4ccc(-c5sc(C)c6c5OCCO6)n4CC(CC)CCCC)c4c3OCCO4)c2OC1. The molecule has 0 saturated heterocycles. The molecule has 0 bridgehead atoms. The summed E-state index contributed by atoms with van der Waals surface area (Å²) in [5, 5.41) is 0. The molecule has 0 fully saturated rings. The van der Waals surface area contributed by atoms with Crippen molar-refractivity contribution in [2.75, 3.05) is 66.1 Å². The van der Waals surface area contributed by atoms with E-state index in [1.54, 1.807) is 34.0 Å². The van der Waals surface area contributed by atoms with Crippen LogP contribution in [0.5, 0.6) is 34.5 Å². The Morgan fingerprint density at radius 3 is 1.27 bits per heavy atom. The van der Waals surface area contributed by atoms with E-state index in [-0.39, 0.29) is 0 Å². The molecular weight excluding hydrogens is 1040 g/mol. The lowest BCUT2D eigenvalue weighted by Gasteiger charge is -2.32. The van der Waals surface area contributed by atoms with Gasteiger partial charge in [-0.15, -0.1) is 34.0 Å². The van der Waals surface area contributed by atoms with Gasteiger partial charge in [-0.25, -0.2) is 0 Å². The second kappa shape index (κ2) is 34.6. The smallest absolute Gasteiger partial charge is 0.182 e. The Bertz CT molecular complexity index is 2290. The Morgan fingerprint density at radius 2 is 0.772 bits per heavy atom. The maximum atomic E-state index is 7.25. The highest BCUT2D eigenvalue weighted by molar-refractivity contribution is 7.25. The summed E-state index contributed by atoms with van der Waals surface area (Å²) < 4.78 is 56.9. The van der Waals surface area contributed by atoms with Gasteiger partial charge in [0, 0.05) is 29.5 Å². The van der Waals surface area contributed by atoms with Gasteiger partial charge in [0.05, 0.1) is 49.5 Å². The Morgan fingerprint density at radius 1 is 0.418 bits per heavy atom. The largest absolute Gasteiger partial charge is 0.488 e. The average molecular weight is 1150 g/mol. The van der Waals surface area contributed by atoms with E-state index in [9.17, 15) is 0 Å². The molecule has 0 aliphatic carbocycles. The summed E-state index contributed by atoms with van der Waals surface area (Å²) >= 11 is 5.27. The standard InChI is InChI=1S/C67H107NO8S3/c1-9-15-20-24-26-30-35-53(33-28-22-17-11-3)44-69-46-67(47-70-45-54(34-29-23-18-12-4)36-31-27-25-21-16-10-2)48-75-58-51(8)78-65(60(58)76-49-67)66-62-61(73-41-42-74-62)64(79-66)56-38-37-55(68(56)43-52(14-6)32-19-13-5)63-59-57(50(7)77-63)71-39-40-72-59/h37-38,52-54H,9-36,39-49H2,1-8H3. The van der Waals surface area contributed by atoms with Gasteiger partial charge >= 0.3 is 0 Å². The zero-order valence-corrected chi connectivity index (χ0v) is 53.4. The number of thiophene rings is 3. The molecule has 0 radical (unpaired) electrons. The summed E-state index contributed by atoms with van der Waals surface area (Å²) in [7, 11) is 0. The molecule has 0 amide bonds. The van der Waals surface area contributed by atoms with Crippen molar-refractivity contribution in [2.24, 2.45) is 23.2 Å². The van der Waals surface area contributed by atoms with Crippen molar-refractivity contribution in [3.05, 3.63) is 21.9 Å². The molecule has 7 rings (SSSR count). The number of unbranched alkanes of at least 4 members (excludes halogenated alkanes) is 17. The molecule has 0 saturated carbocycles. The number of aryl methyl sites for hydroxylation is 2. The zero-order chi connectivity index (χ0) is 55.7. The number of nitrogens with zero attached hydrogens (tertiary/aromatic N) is 1. The van der Waals surface area contributed by atoms with Crippen LogP contribution in [0.15, 0.2) is 12.1 Å². The van der Waals surface area contributed by atoms with Gasteiger partial charge in [-0.1, -0.05) is 189 Å². The highest BCUT2D eigenvalue weighted by Crippen LogP contribution is 2.60. The molecule has 446 valence electrons. The van der Waals surface area contributed by atoms with Crippen LogP contribution in [0.3, 0.4) is 0 Å². The molecule has 3 unspecified atom stereocenters. The fourth-order valence-corrected chi connectivity index (χ4v) is 15.5. The third kappa shape index (κ3) is 18.3. The number of aromatic nitrogens is 1. The van der Waals surface area contributed by atoms with Crippen LogP contribution in [0.25, 0.3) is 30.9 Å². The summed E-state index contributed by atoms with van der Waals surface area (Å²) in [5.74, 6) is 6.70. The van der Waals surface area contributed by atoms with Crippen molar-refractivity contribution >= 4 is 34.0 Å². The first kappa shape index (κ1) is 63.7. The van der Waals surface area contributed by atoms with Crippen molar-refractivity contribution in [2.45, 2.75) is 242 Å². The summed E-state index contributed by atoms with van der Waals surface area (Å²) in [6, 6.07) is 4.58. The van der Waals surface area contributed by atoms with E-state index in [0.717, 1.165) is 95.6 Å². The van der Waals surface area contributed by atoms with E-state index in [2.05, 4.69) is 72.1 Å². The van der Waals surface area contributed by atoms with Crippen molar-refractivity contribution in [1.29, 1.82) is 0 Å². The van der Waals surface area contributed by atoms with E-state index < -0.39 is 5.41 Å². The van der Waals surface area contributed by atoms with Gasteiger partial charge < -0.3 is 42.5 Å². The topological polar surface area (TPSA) is 78.8 Å². The molecule has 7 heterocycles. The van der Waals surface area contributed by atoms with Crippen LogP contribution in [0.4, 0.5) is 0 Å². The quantitative estimate of drug-likeness (QED) is 0.0407. The molecule has 0 N–H and O–H groups in total. The van der Waals surface area contributed by atoms with Gasteiger partial charge in [-0.2, -0.15) is 0 Å². The first-order valence-electron chi connectivity index (χ1n) is 32.3. The van der Waals surface area contributed by atoms with Crippen LogP contribution in [0, 0.1) is 37.0 Å². The lowest BCUT2D eigenvalue weighted by molar-refractivity contribution is -0.0721. The third-order valence-corrected chi connectivity index (χ3v) is 20.5. The predicted octanol–water partition coefficient (Wildman–Crippen LogP) is 20.5. The lowest BCUT2D eigenvalue weighted by atomic mass is 9.91. The van der Waals surface area contributed by atoms with Crippen LogP contribution in [0.2, 0.25) is 0 Å². The molecule has 12 heteroatoms. The number of fused-ring (bicyclic) bond motifs is 3. The van der Waals surface area contributed by atoms with Crippen molar-refractivity contribution < 1.29 is 37.9 Å². The average Bonchev–Trinajstić information content (AvgIpc) is 4.26. The Labute approximate surface area is 491 Å². The molecule has 0 aromatic carbocycles. The number of hydrogen-bond donors (Lipinski definition) is 0.